The van der Waals surface area contributed by atoms with E-state index in [0.717, 1.165) is 0 Å². The van der Waals surface area contributed by atoms with Gasteiger partial charge in [0.25, 0.3) is 0 Å². The summed E-state index contributed by atoms with van der Waals surface area (Å²) in [5.41, 5.74) is 0.461. The van der Waals surface area contributed by atoms with Crippen LogP contribution in [0.5, 0.6) is 0 Å². The van der Waals surface area contributed by atoms with Crippen molar-refractivity contribution in [2.75, 3.05) is 27.3 Å². The predicted octanol–water partition coefficient (Wildman–Crippen LogP) is 2.53. The van der Waals surface area contributed by atoms with Crippen LogP contribution in [-0.2, 0) is 20.6 Å². The lowest BCUT2D eigenvalue weighted by molar-refractivity contribution is 0.189. The Morgan fingerprint density at radius 2 is 2.05 bits per heavy atom. The molecular formula is C13H19ClFNO3S. The third-order valence-corrected chi connectivity index (χ3v) is 5.10. The molecule has 0 aliphatic carbocycles. The summed E-state index contributed by atoms with van der Waals surface area (Å²) in [5, 5.41) is 0. The number of sulfonamides is 1. The largest absolute Gasteiger partial charge is 0.385 e. The SMILES string of the molecule is COCCCN(C)S(=O)(=O)c1cc(C)c(F)c(CCl)c1. The smallest absolute Gasteiger partial charge is 0.242 e. The Kier molecular flexibility index (Phi) is 6.39. The van der Waals surface area contributed by atoms with Crippen molar-refractivity contribution < 1.29 is 17.5 Å². The van der Waals surface area contributed by atoms with Gasteiger partial charge in [-0.15, -0.1) is 11.6 Å². The Balaban J connectivity index is 3.06. The first-order valence-electron chi connectivity index (χ1n) is 6.14. The van der Waals surface area contributed by atoms with Crippen LogP contribution < -0.4 is 0 Å². The van der Waals surface area contributed by atoms with Crippen molar-refractivity contribution in [2.24, 2.45) is 0 Å². The Bertz CT molecular complexity index is 563. The van der Waals surface area contributed by atoms with E-state index in [0.29, 0.717) is 19.6 Å². The lowest BCUT2D eigenvalue weighted by atomic mass is 10.1. The average molecular weight is 324 g/mol. The molecule has 7 heteroatoms. The topological polar surface area (TPSA) is 46.6 Å². The molecule has 0 radical (unpaired) electrons. The minimum atomic E-state index is -3.64. The first kappa shape index (κ1) is 17.4. The highest BCUT2D eigenvalue weighted by atomic mass is 35.5. The van der Waals surface area contributed by atoms with Crippen molar-refractivity contribution in [1.82, 2.24) is 4.31 Å². The molecule has 0 atom stereocenters. The van der Waals surface area contributed by atoms with E-state index in [1.165, 1.54) is 30.4 Å². The van der Waals surface area contributed by atoms with Gasteiger partial charge in [-0.2, -0.15) is 0 Å². The summed E-state index contributed by atoms with van der Waals surface area (Å²) in [6.45, 7) is 2.34. The van der Waals surface area contributed by atoms with Crippen LogP contribution in [0.4, 0.5) is 4.39 Å². The minimum Gasteiger partial charge on any atom is -0.385 e. The van der Waals surface area contributed by atoms with Crippen LogP contribution in [0, 0.1) is 12.7 Å². The molecule has 0 aliphatic heterocycles. The van der Waals surface area contributed by atoms with E-state index in [-0.39, 0.29) is 21.9 Å². The molecule has 4 nitrogen and oxygen atoms in total. The highest BCUT2D eigenvalue weighted by molar-refractivity contribution is 7.89. The van der Waals surface area contributed by atoms with Crippen LogP contribution in [0.3, 0.4) is 0 Å². The number of ether oxygens (including phenoxy) is 1. The number of hydrogen-bond acceptors (Lipinski definition) is 3. The van der Waals surface area contributed by atoms with E-state index in [1.807, 2.05) is 0 Å². The fourth-order valence-corrected chi connectivity index (χ4v) is 3.33. The molecule has 1 rings (SSSR count). The Hall–Kier alpha value is -0.690. The molecule has 0 saturated carbocycles. The van der Waals surface area contributed by atoms with E-state index in [4.69, 9.17) is 16.3 Å². The van der Waals surface area contributed by atoms with Gasteiger partial charge in [0, 0.05) is 32.9 Å². The highest BCUT2D eigenvalue weighted by Gasteiger charge is 2.22. The molecule has 20 heavy (non-hydrogen) atoms. The average Bonchev–Trinajstić information content (AvgIpc) is 2.41. The standard InChI is InChI=1S/C13H19ClFNO3S/c1-10-7-12(8-11(9-14)13(10)15)20(17,18)16(2)5-4-6-19-3/h7-8H,4-6,9H2,1-3H3. The van der Waals surface area contributed by atoms with Crippen molar-refractivity contribution in [1.29, 1.82) is 0 Å². The summed E-state index contributed by atoms with van der Waals surface area (Å²) < 4.78 is 44.6. The van der Waals surface area contributed by atoms with Gasteiger partial charge in [-0.3, -0.25) is 0 Å². The molecule has 0 amide bonds. The van der Waals surface area contributed by atoms with E-state index in [9.17, 15) is 12.8 Å². The molecule has 0 aliphatic rings. The molecule has 0 saturated heterocycles. The second-order valence-electron chi connectivity index (χ2n) is 4.52. The number of aryl methyl sites for hydroxylation is 1. The fourth-order valence-electron chi connectivity index (χ4n) is 1.78. The molecule has 0 bridgehead atoms. The maximum Gasteiger partial charge on any atom is 0.242 e. The third kappa shape index (κ3) is 3.91. The molecule has 0 unspecified atom stereocenters. The highest BCUT2D eigenvalue weighted by Crippen LogP contribution is 2.22. The second-order valence-corrected chi connectivity index (χ2v) is 6.83. The van der Waals surface area contributed by atoms with E-state index >= 15 is 0 Å². The minimum absolute atomic E-state index is 0.0620. The van der Waals surface area contributed by atoms with Crippen molar-refractivity contribution in [3.63, 3.8) is 0 Å². The van der Waals surface area contributed by atoms with Crippen LogP contribution >= 0.6 is 11.6 Å². The third-order valence-electron chi connectivity index (χ3n) is 2.98. The van der Waals surface area contributed by atoms with Gasteiger partial charge in [-0.25, -0.2) is 17.1 Å². The van der Waals surface area contributed by atoms with E-state index in [1.54, 1.807) is 7.11 Å². The van der Waals surface area contributed by atoms with Gasteiger partial charge in [-0.05, 0) is 31.0 Å². The molecule has 1 aromatic carbocycles. The number of benzene rings is 1. The molecule has 114 valence electrons. The number of rotatable bonds is 7. The van der Waals surface area contributed by atoms with Gasteiger partial charge in [-0.1, -0.05) is 0 Å². The quantitative estimate of drug-likeness (QED) is 0.572. The Morgan fingerprint density at radius 3 is 2.60 bits per heavy atom. The fraction of sp³-hybridized carbons (Fsp3) is 0.538. The van der Waals surface area contributed by atoms with Crippen LogP contribution in [0.25, 0.3) is 0 Å². The second kappa shape index (κ2) is 7.36. The van der Waals surface area contributed by atoms with Crippen molar-refractivity contribution >= 4 is 21.6 Å². The van der Waals surface area contributed by atoms with Crippen molar-refractivity contribution in [2.45, 2.75) is 24.1 Å². The summed E-state index contributed by atoms with van der Waals surface area (Å²) in [5.74, 6) is -0.523. The number of alkyl halides is 1. The molecule has 1 aromatic rings. The van der Waals surface area contributed by atoms with Crippen molar-refractivity contribution in [3.05, 3.63) is 29.1 Å². The normalized spacial score (nSPS) is 12.1. The first-order chi connectivity index (χ1) is 9.34. The summed E-state index contributed by atoms with van der Waals surface area (Å²) in [4.78, 5) is 0.0620. The van der Waals surface area contributed by atoms with Crippen molar-refractivity contribution in [3.8, 4) is 0 Å². The summed E-state index contributed by atoms with van der Waals surface area (Å²) >= 11 is 5.64. The lowest BCUT2D eigenvalue weighted by Crippen LogP contribution is -2.28. The van der Waals surface area contributed by atoms with Crippen LogP contribution in [0.15, 0.2) is 17.0 Å². The zero-order chi connectivity index (χ0) is 15.3. The monoisotopic (exact) mass is 323 g/mol. The maximum atomic E-state index is 13.7. The number of methoxy groups -OCH3 is 1. The van der Waals surface area contributed by atoms with E-state index < -0.39 is 15.8 Å². The van der Waals surface area contributed by atoms with E-state index in [2.05, 4.69) is 0 Å². The zero-order valence-electron chi connectivity index (χ0n) is 11.8. The Morgan fingerprint density at radius 1 is 1.40 bits per heavy atom. The molecule has 0 aromatic heterocycles. The number of hydrogen-bond donors (Lipinski definition) is 0. The molecule has 0 fully saturated rings. The predicted molar refractivity (Wildman–Crippen MR) is 77.0 cm³/mol. The molecular weight excluding hydrogens is 305 g/mol. The van der Waals surface area contributed by atoms with Gasteiger partial charge in [0.2, 0.25) is 10.0 Å². The molecule has 0 N–H and O–H groups in total. The van der Waals surface area contributed by atoms with Gasteiger partial charge in [0.1, 0.15) is 5.82 Å². The van der Waals surface area contributed by atoms with Crippen LogP contribution in [-0.4, -0.2) is 40.0 Å². The summed E-state index contributed by atoms with van der Waals surface area (Å²) in [6.07, 6.45) is 0.592. The first-order valence-corrected chi connectivity index (χ1v) is 8.12. The Labute approximate surface area is 124 Å². The van der Waals surface area contributed by atoms with Crippen LogP contribution in [0.1, 0.15) is 17.5 Å². The van der Waals surface area contributed by atoms with Gasteiger partial charge in [0.15, 0.2) is 0 Å². The van der Waals surface area contributed by atoms with Gasteiger partial charge >= 0.3 is 0 Å². The number of halogens is 2. The summed E-state index contributed by atoms with van der Waals surface area (Å²) in [6, 6.07) is 2.62. The molecule has 0 spiro atoms. The van der Waals surface area contributed by atoms with Gasteiger partial charge in [0.05, 0.1) is 10.8 Å². The van der Waals surface area contributed by atoms with Gasteiger partial charge < -0.3 is 4.74 Å². The zero-order valence-corrected chi connectivity index (χ0v) is 13.4. The lowest BCUT2D eigenvalue weighted by Gasteiger charge is -2.18. The van der Waals surface area contributed by atoms with Crippen LogP contribution in [0.2, 0.25) is 0 Å². The molecule has 0 heterocycles. The number of nitrogens with zero attached hydrogens (tertiary/aromatic N) is 1. The summed E-state index contributed by atoms with van der Waals surface area (Å²) in [7, 11) is -0.589. The maximum absolute atomic E-state index is 13.7.